The summed E-state index contributed by atoms with van der Waals surface area (Å²) < 4.78 is 19.3. The standard InChI is InChI=1S/C27H33FN2O3/c1-21-5-7-22(8-6-21)26(32)30-17-13-27(14-18-30,19-25(31)29-15-3-2-4-16-29)20-33-24-11-9-23(28)10-12-24/h5-12H,2-4,13-20H2,1H3. The largest absolute Gasteiger partial charge is 0.493 e. The van der Waals surface area contributed by atoms with E-state index in [2.05, 4.69) is 0 Å². The lowest BCUT2D eigenvalue weighted by atomic mass is 9.75. The maximum atomic E-state index is 13.3. The summed E-state index contributed by atoms with van der Waals surface area (Å²) in [6.07, 6.45) is 5.11. The van der Waals surface area contributed by atoms with E-state index in [4.69, 9.17) is 4.74 Å². The van der Waals surface area contributed by atoms with E-state index in [9.17, 15) is 14.0 Å². The van der Waals surface area contributed by atoms with Crippen molar-refractivity contribution in [3.05, 3.63) is 65.5 Å². The number of rotatable bonds is 6. The Balaban J connectivity index is 1.44. The van der Waals surface area contributed by atoms with Crippen molar-refractivity contribution in [3.8, 4) is 5.75 Å². The Hall–Kier alpha value is -2.89. The first-order valence-electron chi connectivity index (χ1n) is 12.0. The number of hydrogen-bond acceptors (Lipinski definition) is 3. The number of nitrogens with zero attached hydrogens (tertiary/aromatic N) is 2. The Morgan fingerprint density at radius 2 is 1.52 bits per heavy atom. The summed E-state index contributed by atoms with van der Waals surface area (Å²) in [5.74, 6) is 0.501. The van der Waals surface area contributed by atoms with Gasteiger partial charge in [0.05, 0.1) is 6.61 Å². The van der Waals surface area contributed by atoms with Crippen LogP contribution in [-0.4, -0.2) is 54.4 Å². The number of benzene rings is 2. The Kier molecular flexibility index (Phi) is 7.31. The third kappa shape index (κ3) is 5.92. The Morgan fingerprint density at radius 3 is 2.15 bits per heavy atom. The van der Waals surface area contributed by atoms with Gasteiger partial charge in [0.15, 0.2) is 0 Å². The van der Waals surface area contributed by atoms with E-state index < -0.39 is 0 Å². The van der Waals surface area contributed by atoms with Gasteiger partial charge in [-0.2, -0.15) is 0 Å². The summed E-state index contributed by atoms with van der Waals surface area (Å²) in [5, 5.41) is 0. The zero-order chi connectivity index (χ0) is 23.3. The fourth-order valence-electron chi connectivity index (χ4n) is 4.78. The van der Waals surface area contributed by atoms with Crippen LogP contribution in [0.25, 0.3) is 0 Å². The molecule has 2 aromatic rings. The van der Waals surface area contributed by atoms with Gasteiger partial charge in [-0.1, -0.05) is 17.7 Å². The number of amides is 2. The zero-order valence-corrected chi connectivity index (χ0v) is 19.4. The highest BCUT2D eigenvalue weighted by molar-refractivity contribution is 5.94. The average molecular weight is 453 g/mol. The lowest BCUT2D eigenvalue weighted by molar-refractivity contribution is -0.136. The third-order valence-corrected chi connectivity index (χ3v) is 7.00. The number of aryl methyl sites for hydroxylation is 1. The van der Waals surface area contributed by atoms with Crippen LogP contribution in [0.3, 0.4) is 0 Å². The Morgan fingerprint density at radius 1 is 0.879 bits per heavy atom. The molecule has 176 valence electrons. The van der Waals surface area contributed by atoms with Crippen molar-refractivity contribution in [2.45, 2.75) is 45.4 Å². The summed E-state index contributed by atoms with van der Waals surface area (Å²) in [6.45, 7) is 5.21. The van der Waals surface area contributed by atoms with Crippen LogP contribution >= 0.6 is 0 Å². The second-order valence-corrected chi connectivity index (χ2v) is 9.52. The molecule has 2 heterocycles. The molecule has 2 saturated heterocycles. The first-order chi connectivity index (χ1) is 15.9. The molecule has 6 heteroatoms. The number of ether oxygens (including phenoxy) is 1. The van der Waals surface area contributed by atoms with Crippen LogP contribution in [0.2, 0.25) is 0 Å². The maximum absolute atomic E-state index is 13.3. The van der Waals surface area contributed by atoms with Crippen molar-refractivity contribution in [1.82, 2.24) is 9.80 Å². The lowest BCUT2D eigenvalue weighted by Gasteiger charge is -2.42. The van der Waals surface area contributed by atoms with E-state index in [0.29, 0.717) is 50.3 Å². The van der Waals surface area contributed by atoms with Gasteiger partial charge in [-0.15, -0.1) is 0 Å². The second kappa shape index (κ2) is 10.4. The van der Waals surface area contributed by atoms with Crippen LogP contribution in [0.4, 0.5) is 4.39 Å². The number of hydrogen-bond donors (Lipinski definition) is 0. The fourth-order valence-corrected chi connectivity index (χ4v) is 4.78. The van der Waals surface area contributed by atoms with Gasteiger partial charge in [-0.3, -0.25) is 9.59 Å². The molecular formula is C27H33FN2O3. The number of carbonyl (C=O) groups is 2. The van der Waals surface area contributed by atoms with Gasteiger partial charge in [0, 0.05) is 43.6 Å². The normalized spacial score (nSPS) is 18.1. The molecule has 2 aliphatic rings. The molecule has 2 aromatic carbocycles. The molecule has 2 amide bonds. The van der Waals surface area contributed by atoms with E-state index in [0.717, 1.165) is 31.5 Å². The summed E-state index contributed by atoms with van der Waals surface area (Å²) in [5.41, 5.74) is 1.48. The summed E-state index contributed by atoms with van der Waals surface area (Å²) in [4.78, 5) is 30.0. The zero-order valence-electron chi connectivity index (χ0n) is 19.4. The van der Waals surface area contributed by atoms with Gasteiger partial charge in [-0.25, -0.2) is 4.39 Å². The minimum Gasteiger partial charge on any atom is -0.493 e. The molecule has 0 aromatic heterocycles. The average Bonchev–Trinajstić information content (AvgIpc) is 2.85. The van der Waals surface area contributed by atoms with Gasteiger partial charge in [0.2, 0.25) is 5.91 Å². The maximum Gasteiger partial charge on any atom is 0.253 e. The van der Waals surface area contributed by atoms with Crippen LogP contribution < -0.4 is 4.74 Å². The monoisotopic (exact) mass is 452 g/mol. The van der Waals surface area contributed by atoms with Gasteiger partial charge in [0.1, 0.15) is 11.6 Å². The van der Waals surface area contributed by atoms with Crippen molar-refractivity contribution in [3.63, 3.8) is 0 Å². The van der Waals surface area contributed by atoms with Crippen LogP contribution in [-0.2, 0) is 4.79 Å². The van der Waals surface area contributed by atoms with Gasteiger partial charge in [0.25, 0.3) is 5.91 Å². The van der Waals surface area contributed by atoms with Crippen LogP contribution in [0.5, 0.6) is 5.75 Å². The molecule has 0 spiro atoms. The van der Waals surface area contributed by atoms with E-state index in [1.807, 2.05) is 41.0 Å². The second-order valence-electron chi connectivity index (χ2n) is 9.52. The number of piperidine rings is 2. The predicted octanol–water partition coefficient (Wildman–Crippen LogP) is 4.84. The smallest absolute Gasteiger partial charge is 0.253 e. The van der Waals surface area contributed by atoms with Crippen molar-refractivity contribution >= 4 is 11.8 Å². The van der Waals surface area contributed by atoms with Crippen molar-refractivity contribution < 1.29 is 18.7 Å². The molecule has 0 bridgehead atoms. The van der Waals surface area contributed by atoms with Crippen molar-refractivity contribution in [1.29, 1.82) is 0 Å². The quantitative estimate of drug-likeness (QED) is 0.630. The highest BCUT2D eigenvalue weighted by Gasteiger charge is 2.40. The van der Waals surface area contributed by atoms with E-state index >= 15 is 0 Å². The Bertz CT molecular complexity index is 944. The minimum absolute atomic E-state index is 0.0328. The molecule has 0 N–H and O–H groups in total. The molecule has 0 unspecified atom stereocenters. The minimum atomic E-state index is -0.340. The van der Waals surface area contributed by atoms with E-state index in [1.165, 1.54) is 18.6 Å². The topological polar surface area (TPSA) is 49.9 Å². The SMILES string of the molecule is Cc1ccc(C(=O)N2CCC(COc3ccc(F)cc3)(CC(=O)N3CCCCC3)CC2)cc1. The molecule has 0 atom stereocenters. The molecular weight excluding hydrogens is 419 g/mol. The number of halogens is 1. The summed E-state index contributed by atoms with van der Waals surface area (Å²) >= 11 is 0. The van der Waals surface area contributed by atoms with Crippen molar-refractivity contribution in [2.75, 3.05) is 32.8 Å². The van der Waals surface area contributed by atoms with E-state index in [-0.39, 0.29) is 23.0 Å². The molecule has 0 saturated carbocycles. The summed E-state index contributed by atoms with van der Waals surface area (Å²) in [7, 11) is 0. The van der Waals surface area contributed by atoms with E-state index in [1.54, 1.807) is 12.1 Å². The third-order valence-electron chi connectivity index (χ3n) is 7.00. The predicted molar refractivity (Wildman–Crippen MR) is 126 cm³/mol. The molecule has 4 rings (SSSR count). The van der Waals surface area contributed by atoms with Gasteiger partial charge in [-0.05, 0) is 75.4 Å². The Labute approximate surface area is 195 Å². The molecule has 0 aliphatic carbocycles. The fraction of sp³-hybridized carbons (Fsp3) is 0.481. The van der Waals surface area contributed by atoms with Gasteiger partial charge < -0.3 is 14.5 Å². The van der Waals surface area contributed by atoms with Crippen LogP contribution in [0.1, 0.15) is 54.4 Å². The van der Waals surface area contributed by atoms with Crippen molar-refractivity contribution in [2.24, 2.45) is 5.41 Å². The molecule has 2 aliphatic heterocycles. The molecule has 5 nitrogen and oxygen atoms in total. The molecule has 2 fully saturated rings. The lowest BCUT2D eigenvalue weighted by Crippen LogP contribution is -2.48. The van der Waals surface area contributed by atoms with Crippen LogP contribution in [0.15, 0.2) is 48.5 Å². The number of carbonyl (C=O) groups excluding carboxylic acids is 2. The molecule has 0 radical (unpaired) electrons. The first-order valence-corrected chi connectivity index (χ1v) is 12.0. The van der Waals surface area contributed by atoms with Crippen LogP contribution in [0, 0.1) is 18.2 Å². The summed E-state index contributed by atoms with van der Waals surface area (Å²) in [6, 6.07) is 13.6. The highest BCUT2D eigenvalue weighted by Crippen LogP contribution is 2.37. The van der Waals surface area contributed by atoms with Gasteiger partial charge >= 0.3 is 0 Å². The molecule has 33 heavy (non-hydrogen) atoms. The highest BCUT2D eigenvalue weighted by atomic mass is 19.1. The first kappa shape index (κ1) is 23.3. The number of likely N-dealkylation sites (tertiary alicyclic amines) is 2.